The third kappa shape index (κ3) is 2.38. The molecule has 4 nitrogen and oxygen atoms in total. The topological polar surface area (TPSA) is 63.4 Å². The molecule has 0 aliphatic rings. The van der Waals surface area contributed by atoms with Crippen LogP contribution in [-0.2, 0) is 9.59 Å². The minimum atomic E-state index is 0.477. The molecule has 0 aliphatic heterocycles. The summed E-state index contributed by atoms with van der Waals surface area (Å²) < 4.78 is 0. The third-order valence-electron chi connectivity index (χ3n) is 2.64. The van der Waals surface area contributed by atoms with Crippen LogP contribution in [0.3, 0.4) is 0 Å². The summed E-state index contributed by atoms with van der Waals surface area (Å²) in [5, 5.41) is 0. The number of carbonyl (C=O) groups is 2. The van der Waals surface area contributed by atoms with Gasteiger partial charge in [-0.15, -0.1) is 0 Å². The largest absolute Gasteiger partial charge is 0.399 e. The third-order valence-corrected chi connectivity index (χ3v) is 2.64. The molecule has 2 aromatic rings. The van der Waals surface area contributed by atoms with E-state index >= 15 is 0 Å². The second-order valence-corrected chi connectivity index (χ2v) is 3.79. The van der Waals surface area contributed by atoms with E-state index in [1.807, 2.05) is 36.4 Å². The molecule has 90 valence electrons. The Morgan fingerprint density at radius 2 is 1.22 bits per heavy atom. The van der Waals surface area contributed by atoms with Gasteiger partial charge in [-0.2, -0.15) is 0 Å². The van der Waals surface area contributed by atoms with Gasteiger partial charge in [0.1, 0.15) is 0 Å². The van der Waals surface area contributed by atoms with Crippen molar-refractivity contribution in [1.29, 1.82) is 0 Å². The average molecular weight is 240 g/mol. The molecular formula is C14H12N2O2. The molecular weight excluding hydrogens is 228 g/mol. The van der Waals surface area contributed by atoms with E-state index in [0.29, 0.717) is 24.2 Å². The molecule has 0 unspecified atom stereocenters. The normalized spacial score (nSPS) is 9.78. The predicted octanol–water partition coefficient (Wildman–Crippen LogP) is 2.05. The minimum absolute atomic E-state index is 0.477. The molecule has 0 atom stereocenters. The van der Waals surface area contributed by atoms with Gasteiger partial charge in [-0.05, 0) is 35.4 Å². The summed E-state index contributed by atoms with van der Waals surface area (Å²) in [4.78, 5) is 22.2. The highest BCUT2D eigenvalue weighted by Gasteiger charge is 2.03. The van der Waals surface area contributed by atoms with Gasteiger partial charge in [-0.3, -0.25) is 14.5 Å². The van der Waals surface area contributed by atoms with Crippen LogP contribution >= 0.6 is 0 Å². The first-order valence-electron chi connectivity index (χ1n) is 5.39. The standard InChI is InChI=1S/C14H12N2O2/c15-13-5-1-11(2-6-13)12-3-7-14(8-4-12)16(9-17)10-18/h1-10H,15H2. The molecule has 2 rings (SSSR count). The van der Waals surface area contributed by atoms with E-state index in [9.17, 15) is 9.59 Å². The number of rotatable bonds is 4. The van der Waals surface area contributed by atoms with Crippen molar-refractivity contribution < 1.29 is 9.59 Å². The van der Waals surface area contributed by atoms with E-state index in [2.05, 4.69) is 0 Å². The van der Waals surface area contributed by atoms with E-state index in [1.165, 1.54) is 0 Å². The van der Waals surface area contributed by atoms with Crippen LogP contribution in [0.1, 0.15) is 0 Å². The maximum atomic E-state index is 10.6. The Balaban J connectivity index is 2.29. The maximum absolute atomic E-state index is 10.6. The first-order valence-corrected chi connectivity index (χ1v) is 5.39. The SMILES string of the molecule is Nc1ccc(-c2ccc(N(C=O)C=O)cc2)cc1. The zero-order chi connectivity index (χ0) is 13.0. The molecule has 2 amide bonds. The molecule has 0 fully saturated rings. The number of hydrogen-bond acceptors (Lipinski definition) is 3. The van der Waals surface area contributed by atoms with Gasteiger partial charge < -0.3 is 5.73 Å². The number of benzene rings is 2. The smallest absolute Gasteiger partial charge is 0.220 e. The van der Waals surface area contributed by atoms with E-state index in [-0.39, 0.29) is 0 Å². The number of nitrogen functional groups attached to an aromatic ring is 1. The van der Waals surface area contributed by atoms with Crippen molar-refractivity contribution in [2.24, 2.45) is 0 Å². The Morgan fingerprint density at radius 1 is 0.778 bits per heavy atom. The Bertz CT molecular complexity index is 539. The molecule has 0 aromatic heterocycles. The summed E-state index contributed by atoms with van der Waals surface area (Å²) >= 11 is 0. The molecule has 0 aliphatic carbocycles. The molecule has 0 spiro atoms. The Labute approximate surface area is 105 Å². The molecule has 0 bridgehead atoms. The Kier molecular flexibility index (Phi) is 3.38. The van der Waals surface area contributed by atoms with Crippen molar-refractivity contribution in [2.75, 3.05) is 10.6 Å². The number of nitrogens with two attached hydrogens (primary N) is 1. The summed E-state index contributed by atoms with van der Waals surface area (Å²) in [6.45, 7) is 0. The van der Waals surface area contributed by atoms with Crippen LogP contribution in [0.15, 0.2) is 48.5 Å². The first-order chi connectivity index (χ1) is 8.74. The van der Waals surface area contributed by atoms with Gasteiger partial charge in [-0.1, -0.05) is 24.3 Å². The van der Waals surface area contributed by atoms with Gasteiger partial charge >= 0.3 is 0 Å². The van der Waals surface area contributed by atoms with E-state index < -0.39 is 0 Å². The van der Waals surface area contributed by atoms with Crippen molar-refractivity contribution in [1.82, 2.24) is 0 Å². The summed E-state index contributed by atoms with van der Waals surface area (Å²) in [6, 6.07) is 14.6. The number of hydrogen-bond donors (Lipinski definition) is 1. The van der Waals surface area contributed by atoms with Crippen molar-refractivity contribution in [3.8, 4) is 11.1 Å². The number of carbonyl (C=O) groups excluding carboxylic acids is 2. The summed E-state index contributed by atoms with van der Waals surface area (Å²) in [5.74, 6) is 0. The van der Waals surface area contributed by atoms with Gasteiger partial charge in [0, 0.05) is 5.69 Å². The minimum Gasteiger partial charge on any atom is -0.399 e. The fraction of sp³-hybridized carbons (Fsp3) is 0. The lowest BCUT2D eigenvalue weighted by molar-refractivity contribution is -0.113. The number of imide groups is 1. The predicted molar refractivity (Wildman–Crippen MR) is 70.9 cm³/mol. The molecule has 0 heterocycles. The fourth-order valence-corrected chi connectivity index (χ4v) is 1.65. The van der Waals surface area contributed by atoms with Crippen LogP contribution in [0.25, 0.3) is 11.1 Å². The van der Waals surface area contributed by atoms with Crippen LogP contribution in [0.2, 0.25) is 0 Å². The van der Waals surface area contributed by atoms with Crippen LogP contribution in [-0.4, -0.2) is 12.8 Å². The van der Waals surface area contributed by atoms with Crippen molar-refractivity contribution in [3.05, 3.63) is 48.5 Å². The van der Waals surface area contributed by atoms with Crippen LogP contribution < -0.4 is 10.6 Å². The highest BCUT2D eigenvalue weighted by Crippen LogP contribution is 2.23. The zero-order valence-electron chi connectivity index (χ0n) is 9.61. The van der Waals surface area contributed by atoms with E-state index in [1.54, 1.807) is 12.1 Å². The quantitative estimate of drug-likeness (QED) is 0.657. The molecule has 2 N–H and O–H groups in total. The van der Waals surface area contributed by atoms with Gasteiger partial charge in [0.25, 0.3) is 0 Å². The second kappa shape index (κ2) is 5.14. The number of nitrogens with zero attached hydrogens (tertiary/aromatic N) is 1. The molecule has 18 heavy (non-hydrogen) atoms. The van der Waals surface area contributed by atoms with Crippen molar-refractivity contribution in [2.45, 2.75) is 0 Å². The van der Waals surface area contributed by atoms with Gasteiger partial charge in [0.15, 0.2) is 0 Å². The van der Waals surface area contributed by atoms with E-state index in [4.69, 9.17) is 5.73 Å². The van der Waals surface area contributed by atoms with E-state index in [0.717, 1.165) is 16.0 Å². The van der Waals surface area contributed by atoms with Gasteiger partial charge in [0.05, 0.1) is 5.69 Å². The lowest BCUT2D eigenvalue weighted by atomic mass is 10.1. The van der Waals surface area contributed by atoms with Crippen LogP contribution in [0, 0.1) is 0 Å². The van der Waals surface area contributed by atoms with Gasteiger partial charge in [0.2, 0.25) is 12.8 Å². The van der Waals surface area contributed by atoms with Crippen molar-refractivity contribution >= 4 is 24.2 Å². The molecule has 0 saturated carbocycles. The lowest BCUT2D eigenvalue weighted by Gasteiger charge is -2.09. The molecule has 0 radical (unpaired) electrons. The van der Waals surface area contributed by atoms with Crippen molar-refractivity contribution in [3.63, 3.8) is 0 Å². The highest BCUT2D eigenvalue weighted by atomic mass is 16.2. The summed E-state index contributed by atoms with van der Waals surface area (Å²) in [5.41, 5.74) is 8.90. The van der Waals surface area contributed by atoms with Gasteiger partial charge in [-0.25, -0.2) is 0 Å². The Morgan fingerprint density at radius 3 is 1.67 bits per heavy atom. The van der Waals surface area contributed by atoms with Crippen LogP contribution in [0.5, 0.6) is 0 Å². The van der Waals surface area contributed by atoms with Crippen LogP contribution in [0.4, 0.5) is 11.4 Å². The summed E-state index contributed by atoms with van der Waals surface area (Å²) in [7, 11) is 0. The Hall–Kier alpha value is -2.62. The average Bonchev–Trinajstić information content (AvgIpc) is 2.42. The zero-order valence-corrected chi connectivity index (χ0v) is 9.61. The second-order valence-electron chi connectivity index (χ2n) is 3.79. The fourth-order valence-electron chi connectivity index (χ4n) is 1.65. The lowest BCUT2D eigenvalue weighted by Crippen LogP contribution is -2.17. The monoisotopic (exact) mass is 240 g/mol. The maximum Gasteiger partial charge on any atom is 0.220 e. The summed E-state index contributed by atoms with van der Waals surface area (Å²) in [6.07, 6.45) is 0.955. The molecule has 2 aromatic carbocycles. The molecule has 4 heteroatoms. The molecule has 0 saturated heterocycles. The highest BCUT2D eigenvalue weighted by molar-refractivity contribution is 5.95. The number of amides is 2. The first kappa shape index (κ1) is 11.9. The number of anilines is 2.